The van der Waals surface area contributed by atoms with Crippen molar-refractivity contribution in [3.8, 4) is 0 Å². The minimum atomic E-state index is 0.102. The van der Waals surface area contributed by atoms with Crippen LogP contribution in [0.4, 0.5) is 4.79 Å². The van der Waals surface area contributed by atoms with Crippen LogP contribution in [0.25, 0.3) is 0 Å². The molecule has 23 heavy (non-hydrogen) atoms. The Morgan fingerprint density at radius 3 is 2.96 bits per heavy atom. The lowest BCUT2D eigenvalue weighted by atomic mass is 10.1. The average molecular weight is 334 g/mol. The number of hydrogen-bond acceptors (Lipinski definition) is 4. The molecule has 0 unspecified atom stereocenters. The van der Waals surface area contributed by atoms with E-state index in [-0.39, 0.29) is 6.03 Å². The van der Waals surface area contributed by atoms with Gasteiger partial charge in [-0.1, -0.05) is 0 Å². The highest BCUT2D eigenvalue weighted by Gasteiger charge is 2.35. The summed E-state index contributed by atoms with van der Waals surface area (Å²) in [4.78, 5) is 21.6. The van der Waals surface area contributed by atoms with E-state index in [0.717, 1.165) is 36.9 Å². The molecule has 2 atom stereocenters. The third-order valence-corrected chi connectivity index (χ3v) is 6.54. The van der Waals surface area contributed by atoms with Crippen LogP contribution in [0.1, 0.15) is 48.7 Å². The summed E-state index contributed by atoms with van der Waals surface area (Å²) in [5.74, 6) is 0.721. The van der Waals surface area contributed by atoms with Crippen molar-refractivity contribution in [1.82, 2.24) is 20.1 Å². The van der Waals surface area contributed by atoms with Gasteiger partial charge in [-0.2, -0.15) is 0 Å². The van der Waals surface area contributed by atoms with Crippen molar-refractivity contribution in [2.75, 3.05) is 26.7 Å². The average Bonchev–Trinajstić information content (AvgIpc) is 3.20. The fourth-order valence-corrected chi connectivity index (χ4v) is 4.77. The normalized spacial score (nSPS) is 28.0. The number of urea groups is 1. The predicted octanol–water partition coefficient (Wildman–Crippen LogP) is 2.44. The van der Waals surface area contributed by atoms with Crippen LogP contribution in [0.3, 0.4) is 0 Å². The SMILES string of the molecule is CN1[C@H]2CC[C@H]1CN(C(=O)NCCc1nc(C3CC3)cs1)CC2. The Kier molecular flexibility index (Phi) is 4.28. The highest BCUT2D eigenvalue weighted by Crippen LogP contribution is 2.40. The highest BCUT2D eigenvalue weighted by atomic mass is 32.1. The van der Waals surface area contributed by atoms with Gasteiger partial charge in [-0.3, -0.25) is 4.90 Å². The first-order valence-corrected chi connectivity index (χ1v) is 9.77. The molecule has 3 aliphatic rings. The predicted molar refractivity (Wildman–Crippen MR) is 92.0 cm³/mol. The molecule has 126 valence electrons. The number of hydrogen-bond donors (Lipinski definition) is 1. The van der Waals surface area contributed by atoms with E-state index in [1.807, 2.05) is 4.90 Å². The molecule has 3 heterocycles. The number of carbonyl (C=O) groups is 1. The smallest absolute Gasteiger partial charge is 0.317 e. The molecule has 1 aromatic rings. The number of fused-ring (bicyclic) bond motifs is 2. The number of thiazole rings is 1. The first-order chi connectivity index (χ1) is 11.2. The number of amides is 2. The zero-order chi connectivity index (χ0) is 15.8. The van der Waals surface area contributed by atoms with Crippen LogP contribution in [0.2, 0.25) is 0 Å². The fourth-order valence-electron chi connectivity index (χ4n) is 3.89. The molecule has 1 saturated carbocycles. The van der Waals surface area contributed by atoms with Gasteiger partial charge in [-0.05, 0) is 39.2 Å². The summed E-state index contributed by atoms with van der Waals surface area (Å²) in [6, 6.07) is 1.33. The molecule has 1 aromatic heterocycles. The van der Waals surface area contributed by atoms with E-state index in [2.05, 4.69) is 27.6 Å². The van der Waals surface area contributed by atoms with Crippen molar-refractivity contribution < 1.29 is 4.79 Å². The maximum absolute atomic E-state index is 12.4. The number of nitrogens with zero attached hydrogens (tertiary/aromatic N) is 3. The molecule has 2 aliphatic heterocycles. The molecule has 2 saturated heterocycles. The van der Waals surface area contributed by atoms with Gasteiger partial charge in [0.2, 0.25) is 0 Å². The Balaban J connectivity index is 1.24. The summed E-state index contributed by atoms with van der Waals surface area (Å²) >= 11 is 1.74. The van der Waals surface area contributed by atoms with Gasteiger partial charge in [0.25, 0.3) is 0 Å². The number of likely N-dealkylation sites (tertiary alicyclic amines) is 1. The maximum Gasteiger partial charge on any atom is 0.317 e. The quantitative estimate of drug-likeness (QED) is 0.920. The van der Waals surface area contributed by atoms with Crippen LogP contribution in [0.5, 0.6) is 0 Å². The van der Waals surface area contributed by atoms with Gasteiger partial charge in [0.05, 0.1) is 10.7 Å². The van der Waals surface area contributed by atoms with Crippen LogP contribution < -0.4 is 5.32 Å². The van der Waals surface area contributed by atoms with Crippen molar-refractivity contribution in [3.63, 3.8) is 0 Å². The van der Waals surface area contributed by atoms with Gasteiger partial charge in [0.15, 0.2) is 0 Å². The monoisotopic (exact) mass is 334 g/mol. The van der Waals surface area contributed by atoms with Gasteiger partial charge in [-0.15, -0.1) is 11.3 Å². The summed E-state index contributed by atoms with van der Waals surface area (Å²) in [5.41, 5.74) is 1.27. The number of aromatic nitrogens is 1. The van der Waals surface area contributed by atoms with Gasteiger partial charge < -0.3 is 10.2 Å². The fraction of sp³-hybridized carbons (Fsp3) is 0.765. The van der Waals surface area contributed by atoms with Crippen molar-refractivity contribution in [2.45, 2.75) is 56.5 Å². The first kappa shape index (κ1) is 15.4. The summed E-state index contributed by atoms with van der Waals surface area (Å²) in [7, 11) is 2.21. The molecule has 0 aromatic carbocycles. The van der Waals surface area contributed by atoms with E-state index >= 15 is 0 Å². The van der Waals surface area contributed by atoms with Gasteiger partial charge >= 0.3 is 6.03 Å². The van der Waals surface area contributed by atoms with E-state index in [1.165, 1.54) is 31.4 Å². The van der Waals surface area contributed by atoms with Crippen LogP contribution in [0.15, 0.2) is 5.38 Å². The van der Waals surface area contributed by atoms with Crippen molar-refractivity contribution in [1.29, 1.82) is 0 Å². The number of nitrogens with one attached hydrogen (secondary N) is 1. The summed E-state index contributed by atoms with van der Waals surface area (Å²) < 4.78 is 0. The molecule has 1 aliphatic carbocycles. The van der Waals surface area contributed by atoms with E-state index in [9.17, 15) is 4.79 Å². The Morgan fingerprint density at radius 2 is 2.13 bits per heavy atom. The van der Waals surface area contributed by atoms with E-state index in [1.54, 1.807) is 11.3 Å². The third-order valence-electron chi connectivity index (χ3n) is 5.62. The molecule has 5 nitrogen and oxygen atoms in total. The second-order valence-electron chi connectivity index (χ2n) is 7.21. The standard InChI is InChI=1S/C17H26N4OS/c1-20-13-4-5-14(20)10-21(9-7-13)17(22)18-8-6-16-19-15(11-23-16)12-2-3-12/h11-14H,2-10H2,1H3,(H,18,22)/t13-,14-/m0/s1. The minimum absolute atomic E-state index is 0.102. The van der Waals surface area contributed by atoms with E-state index < -0.39 is 0 Å². The van der Waals surface area contributed by atoms with Gasteiger partial charge in [0.1, 0.15) is 0 Å². The lowest BCUT2D eigenvalue weighted by molar-refractivity contribution is 0.188. The second kappa shape index (κ2) is 6.40. The van der Waals surface area contributed by atoms with E-state index in [0.29, 0.717) is 18.6 Å². The molecule has 6 heteroatoms. The van der Waals surface area contributed by atoms with Crippen LogP contribution in [-0.4, -0.2) is 59.6 Å². The van der Waals surface area contributed by atoms with E-state index in [4.69, 9.17) is 0 Å². The molecule has 2 bridgehead atoms. The Bertz CT molecular complexity index is 571. The molecule has 0 radical (unpaired) electrons. The Morgan fingerprint density at radius 1 is 1.30 bits per heavy atom. The highest BCUT2D eigenvalue weighted by molar-refractivity contribution is 7.09. The lowest BCUT2D eigenvalue weighted by Crippen LogP contribution is -2.45. The third kappa shape index (κ3) is 3.38. The first-order valence-electron chi connectivity index (χ1n) is 8.89. The Hall–Kier alpha value is -1.14. The topological polar surface area (TPSA) is 48.5 Å². The molecular formula is C17H26N4OS. The number of carbonyl (C=O) groups excluding carboxylic acids is 1. The largest absolute Gasteiger partial charge is 0.338 e. The van der Waals surface area contributed by atoms with Crippen LogP contribution in [-0.2, 0) is 6.42 Å². The molecule has 0 spiro atoms. The zero-order valence-corrected chi connectivity index (χ0v) is 14.6. The minimum Gasteiger partial charge on any atom is -0.338 e. The number of rotatable bonds is 4. The Labute approximate surface area is 142 Å². The van der Waals surface area contributed by atoms with Crippen LogP contribution >= 0.6 is 11.3 Å². The summed E-state index contributed by atoms with van der Waals surface area (Å²) in [6.07, 6.45) is 7.08. The molecule has 1 N–H and O–H groups in total. The summed E-state index contributed by atoms with van der Waals surface area (Å²) in [6.45, 7) is 2.46. The summed E-state index contributed by atoms with van der Waals surface area (Å²) in [5, 5.41) is 6.44. The van der Waals surface area contributed by atoms with Crippen molar-refractivity contribution in [3.05, 3.63) is 16.1 Å². The molecule has 2 amide bonds. The number of likely N-dealkylation sites (N-methyl/N-ethyl adjacent to an activating group) is 1. The molecular weight excluding hydrogens is 308 g/mol. The van der Waals surface area contributed by atoms with Gasteiger partial charge in [0, 0.05) is 49.4 Å². The zero-order valence-electron chi connectivity index (χ0n) is 13.8. The van der Waals surface area contributed by atoms with Crippen LogP contribution in [0, 0.1) is 0 Å². The lowest BCUT2D eigenvalue weighted by Gasteiger charge is -2.25. The van der Waals surface area contributed by atoms with Crippen molar-refractivity contribution in [2.24, 2.45) is 0 Å². The molecule has 3 fully saturated rings. The van der Waals surface area contributed by atoms with Gasteiger partial charge in [-0.25, -0.2) is 9.78 Å². The second-order valence-corrected chi connectivity index (χ2v) is 8.15. The maximum atomic E-state index is 12.4. The van der Waals surface area contributed by atoms with Crippen molar-refractivity contribution >= 4 is 17.4 Å². The molecule has 4 rings (SSSR count).